The van der Waals surface area contributed by atoms with Gasteiger partial charge in [-0.15, -0.1) is 11.8 Å². The molecule has 9 heteroatoms. The highest BCUT2D eigenvalue weighted by atomic mass is 32.2. The Morgan fingerprint density at radius 3 is 2.74 bits per heavy atom. The second kappa shape index (κ2) is 11.3. The second-order valence-electron chi connectivity index (χ2n) is 7.99. The van der Waals surface area contributed by atoms with Crippen molar-refractivity contribution >= 4 is 34.4 Å². The van der Waals surface area contributed by atoms with Gasteiger partial charge in [0.05, 0.1) is 11.4 Å². The number of halogens is 2. The molecular weight excluding hydrogens is 456 g/mol. The van der Waals surface area contributed by atoms with Crippen LogP contribution in [-0.2, 0) is 12.8 Å². The van der Waals surface area contributed by atoms with Crippen LogP contribution < -0.4 is 10.6 Å². The van der Waals surface area contributed by atoms with Crippen molar-refractivity contribution in [3.63, 3.8) is 0 Å². The quantitative estimate of drug-likeness (QED) is 0.340. The van der Waals surface area contributed by atoms with Crippen LogP contribution in [0.4, 0.5) is 20.4 Å². The Kier molecular flexibility index (Phi) is 7.95. The van der Waals surface area contributed by atoms with Crippen LogP contribution in [0.2, 0.25) is 0 Å². The molecule has 3 heterocycles. The number of hydrogen-bond donors (Lipinski definition) is 1. The summed E-state index contributed by atoms with van der Waals surface area (Å²) in [5.41, 5.74) is 8.24. The van der Waals surface area contributed by atoms with Gasteiger partial charge >= 0.3 is 0 Å². The van der Waals surface area contributed by atoms with Gasteiger partial charge in [-0.2, -0.15) is 0 Å². The van der Waals surface area contributed by atoms with E-state index in [1.807, 2.05) is 18.0 Å². The molecule has 178 valence electrons. The average molecular weight is 484 g/mol. The zero-order chi connectivity index (χ0) is 23.9. The Morgan fingerprint density at radius 2 is 1.97 bits per heavy atom. The fourth-order valence-corrected chi connectivity index (χ4v) is 4.73. The van der Waals surface area contributed by atoms with Crippen LogP contribution in [0.5, 0.6) is 0 Å². The van der Waals surface area contributed by atoms with E-state index in [0.717, 1.165) is 61.6 Å². The molecule has 1 aliphatic heterocycles. The van der Waals surface area contributed by atoms with Crippen LogP contribution in [-0.4, -0.2) is 34.0 Å². The Hall–Kier alpha value is -3.20. The van der Waals surface area contributed by atoms with Crippen LogP contribution in [0.15, 0.2) is 58.1 Å². The SMILES string of the molecule is CCCN(CCCc1noc2cc(F)ccc12)c1ncc2c(n1)CCS2.Nc1cccc(F)c1. The van der Waals surface area contributed by atoms with Gasteiger partial charge < -0.3 is 15.2 Å². The van der Waals surface area contributed by atoms with E-state index in [2.05, 4.69) is 22.0 Å². The molecule has 0 unspecified atom stereocenters. The van der Waals surface area contributed by atoms with Crippen molar-refractivity contribution in [1.29, 1.82) is 0 Å². The number of nitrogens with two attached hydrogens (primary N) is 1. The maximum Gasteiger partial charge on any atom is 0.225 e. The Labute approximate surface area is 201 Å². The summed E-state index contributed by atoms with van der Waals surface area (Å²) in [4.78, 5) is 12.8. The summed E-state index contributed by atoms with van der Waals surface area (Å²) in [6.07, 6.45) is 5.71. The lowest BCUT2D eigenvalue weighted by Gasteiger charge is -2.22. The van der Waals surface area contributed by atoms with Gasteiger partial charge in [0.25, 0.3) is 0 Å². The lowest BCUT2D eigenvalue weighted by molar-refractivity contribution is 0.443. The molecule has 4 aromatic rings. The Morgan fingerprint density at radius 1 is 1.12 bits per heavy atom. The zero-order valence-corrected chi connectivity index (χ0v) is 19.8. The van der Waals surface area contributed by atoms with E-state index in [1.165, 1.54) is 34.9 Å². The highest BCUT2D eigenvalue weighted by molar-refractivity contribution is 7.99. The zero-order valence-electron chi connectivity index (χ0n) is 19.0. The summed E-state index contributed by atoms with van der Waals surface area (Å²) in [6.45, 7) is 3.95. The van der Waals surface area contributed by atoms with Crippen LogP contribution in [0, 0.1) is 11.6 Å². The summed E-state index contributed by atoms with van der Waals surface area (Å²) < 4.78 is 30.6. The van der Waals surface area contributed by atoms with Crippen LogP contribution in [0.3, 0.4) is 0 Å². The molecule has 0 radical (unpaired) electrons. The molecule has 0 saturated carbocycles. The topological polar surface area (TPSA) is 81.1 Å². The van der Waals surface area contributed by atoms with Gasteiger partial charge in [-0.3, -0.25) is 0 Å². The van der Waals surface area contributed by atoms with Gasteiger partial charge in [0.2, 0.25) is 5.95 Å². The summed E-state index contributed by atoms with van der Waals surface area (Å²) >= 11 is 1.83. The molecule has 34 heavy (non-hydrogen) atoms. The molecule has 5 rings (SSSR count). The predicted molar refractivity (Wildman–Crippen MR) is 132 cm³/mol. The fraction of sp³-hybridized carbons (Fsp3) is 0.320. The minimum Gasteiger partial charge on any atom is -0.399 e. The van der Waals surface area contributed by atoms with Crippen LogP contribution in [0.1, 0.15) is 31.2 Å². The first-order valence-electron chi connectivity index (χ1n) is 11.3. The van der Waals surface area contributed by atoms with Crippen LogP contribution in [0.25, 0.3) is 11.0 Å². The number of thioether (sulfide) groups is 1. The van der Waals surface area contributed by atoms with E-state index in [4.69, 9.17) is 15.2 Å². The number of anilines is 2. The van der Waals surface area contributed by atoms with Gasteiger partial charge in [-0.25, -0.2) is 18.7 Å². The number of fused-ring (bicyclic) bond motifs is 2. The second-order valence-corrected chi connectivity index (χ2v) is 9.13. The summed E-state index contributed by atoms with van der Waals surface area (Å²) in [5.74, 6) is 1.33. The van der Waals surface area contributed by atoms with Crippen molar-refractivity contribution in [2.45, 2.75) is 37.5 Å². The molecule has 0 aliphatic carbocycles. The van der Waals surface area contributed by atoms with Gasteiger partial charge in [0.15, 0.2) is 5.58 Å². The summed E-state index contributed by atoms with van der Waals surface area (Å²) in [6, 6.07) is 10.4. The predicted octanol–water partition coefficient (Wildman–Crippen LogP) is 5.66. The third-order valence-electron chi connectivity index (χ3n) is 5.39. The Bertz CT molecular complexity index is 1230. The fourth-order valence-electron chi connectivity index (χ4n) is 3.77. The monoisotopic (exact) mass is 483 g/mol. The number of nitrogen functional groups attached to an aromatic ring is 1. The van der Waals surface area contributed by atoms with Gasteiger partial charge in [-0.05, 0) is 49.6 Å². The lowest BCUT2D eigenvalue weighted by atomic mass is 10.1. The molecule has 0 bridgehead atoms. The number of rotatable bonds is 7. The van der Waals surface area contributed by atoms with Crippen LogP contribution >= 0.6 is 11.8 Å². The summed E-state index contributed by atoms with van der Waals surface area (Å²) in [7, 11) is 0. The molecule has 0 spiro atoms. The lowest BCUT2D eigenvalue weighted by Crippen LogP contribution is -2.28. The van der Waals surface area contributed by atoms with Crippen molar-refractivity contribution in [3.8, 4) is 0 Å². The number of aryl methyl sites for hydroxylation is 2. The minimum absolute atomic E-state index is 0.287. The van der Waals surface area contributed by atoms with E-state index >= 15 is 0 Å². The molecule has 2 aromatic heterocycles. The molecule has 0 amide bonds. The van der Waals surface area contributed by atoms with E-state index in [9.17, 15) is 8.78 Å². The van der Waals surface area contributed by atoms with Crippen molar-refractivity contribution in [3.05, 3.63) is 71.7 Å². The number of hydrogen-bond acceptors (Lipinski definition) is 7. The average Bonchev–Trinajstić information content (AvgIpc) is 3.45. The first-order valence-corrected chi connectivity index (χ1v) is 12.3. The molecule has 0 atom stereocenters. The minimum atomic E-state index is -0.304. The molecule has 0 fully saturated rings. The van der Waals surface area contributed by atoms with E-state index < -0.39 is 0 Å². The first kappa shape index (κ1) is 23.9. The molecule has 1 aliphatic rings. The molecule has 2 aromatic carbocycles. The normalized spacial score (nSPS) is 12.3. The third-order valence-corrected chi connectivity index (χ3v) is 6.45. The van der Waals surface area contributed by atoms with Crippen molar-refractivity contribution in [2.75, 3.05) is 29.5 Å². The van der Waals surface area contributed by atoms with E-state index in [-0.39, 0.29) is 11.6 Å². The van der Waals surface area contributed by atoms with Gasteiger partial charge in [0, 0.05) is 53.5 Å². The molecule has 2 N–H and O–H groups in total. The van der Waals surface area contributed by atoms with Crippen molar-refractivity contribution in [2.24, 2.45) is 0 Å². The number of nitrogens with zero attached hydrogens (tertiary/aromatic N) is 4. The molecule has 6 nitrogen and oxygen atoms in total. The maximum atomic E-state index is 13.3. The van der Waals surface area contributed by atoms with Crippen molar-refractivity contribution < 1.29 is 13.3 Å². The standard InChI is InChI=1S/C19H21FN4OS.C6H6FN/c1-2-8-24(19-21-12-18-16(22-19)7-10-26-18)9-3-4-15-14-6-5-13(20)11-17(14)25-23-15;7-5-2-1-3-6(8)4-5/h5-6,11-12H,2-4,7-10H2,1H3;1-4H,8H2. The first-order chi connectivity index (χ1) is 16.5. The number of benzene rings is 2. The summed E-state index contributed by atoms with van der Waals surface area (Å²) in [5, 5.41) is 4.99. The van der Waals surface area contributed by atoms with E-state index in [1.54, 1.807) is 18.2 Å². The van der Waals surface area contributed by atoms with Gasteiger partial charge in [-0.1, -0.05) is 18.1 Å². The maximum absolute atomic E-state index is 13.3. The van der Waals surface area contributed by atoms with Crippen molar-refractivity contribution in [1.82, 2.24) is 15.1 Å². The number of aromatic nitrogens is 3. The third kappa shape index (κ3) is 6.02. The molecule has 0 saturated heterocycles. The van der Waals surface area contributed by atoms with Gasteiger partial charge in [0.1, 0.15) is 11.6 Å². The highest BCUT2D eigenvalue weighted by Crippen LogP contribution is 2.30. The smallest absolute Gasteiger partial charge is 0.225 e. The van der Waals surface area contributed by atoms with E-state index in [0.29, 0.717) is 11.3 Å². The highest BCUT2D eigenvalue weighted by Gasteiger charge is 2.17. The Balaban J connectivity index is 0.000000291. The molecular formula is C25H27F2N5OS. The largest absolute Gasteiger partial charge is 0.399 e.